The molecule has 0 fully saturated rings. The summed E-state index contributed by atoms with van der Waals surface area (Å²) in [7, 11) is 0. The van der Waals surface area contributed by atoms with E-state index >= 15 is 0 Å². The number of aromatic nitrogens is 2. The van der Waals surface area contributed by atoms with Crippen LogP contribution in [0.4, 0.5) is 8.78 Å². The standard InChI is InChI=1S/C31H48F2N2O/c1-3-5-7-8-9-10-11-12-14-15-26-17-19-27(20-18-26)31-34-24-30(25-35-31)36-22-21-29(33)23-28(32)16-13-6-4-2/h17-20,24-25,28-29H,3-16,21-23H2,1-2H3. The Bertz CT molecular complexity index is 782. The molecule has 0 N–H and O–H groups in total. The molecule has 1 aromatic heterocycles. The van der Waals surface area contributed by atoms with E-state index in [-0.39, 0.29) is 19.4 Å². The lowest BCUT2D eigenvalue weighted by Crippen LogP contribution is -2.14. The van der Waals surface area contributed by atoms with E-state index in [0.29, 0.717) is 18.0 Å². The van der Waals surface area contributed by atoms with Crippen LogP contribution in [0.15, 0.2) is 36.7 Å². The molecular formula is C31H48F2N2O. The highest BCUT2D eigenvalue weighted by Gasteiger charge is 2.15. The predicted molar refractivity (Wildman–Crippen MR) is 147 cm³/mol. The summed E-state index contributed by atoms with van der Waals surface area (Å²) in [5, 5.41) is 0. The molecule has 2 rings (SSSR count). The Morgan fingerprint density at radius 3 is 1.89 bits per heavy atom. The molecule has 0 amide bonds. The molecule has 0 saturated heterocycles. The minimum absolute atomic E-state index is 0.0440. The van der Waals surface area contributed by atoms with Gasteiger partial charge in [-0.25, -0.2) is 18.7 Å². The maximum Gasteiger partial charge on any atom is 0.159 e. The lowest BCUT2D eigenvalue weighted by molar-refractivity contribution is 0.174. The van der Waals surface area contributed by atoms with Crippen LogP contribution in [0.1, 0.15) is 116 Å². The molecule has 0 spiro atoms. The Kier molecular flexibility index (Phi) is 16.0. The highest BCUT2D eigenvalue weighted by molar-refractivity contribution is 5.55. The van der Waals surface area contributed by atoms with Gasteiger partial charge in [0.05, 0.1) is 19.0 Å². The van der Waals surface area contributed by atoms with Gasteiger partial charge in [-0.1, -0.05) is 109 Å². The van der Waals surface area contributed by atoms with Crippen molar-refractivity contribution in [3.05, 3.63) is 42.2 Å². The van der Waals surface area contributed by atoms with Crippen molar-refractivity contribution in [3.63, 3.8) is 0 Å². The van der Waals surface area contributed by atoms with Crippen molar-refractivity contribution in [1.29, 1.82) is 0 Å². The van der Waals surface area contributed by atoms with Crippen LogP contribution in [0.2, 0.25) is 0 Å². The number of halogens is 2. The van der Waals surface area contributed by atoms with Crippen molar-refractivity contribution < 1.29 is 13.5 Å². The number of nitrogens with zero attached hydrogens (tertiary/aromatic N) is 2. The number of unbranched alkanes of at least 4 members (excludes halogenated alkanes) is 10. The van der Waals surface area contributed by atoms with Gasteiger partial charge in [0.1, 0.15) is 12.3 Å². The van der Waals surface area contributed by atoms with E-state index in [1.54, 1.807) is 12.4 Å². The summed E-state index contributed by atoms with van der Waals surface area (Å²) in [6.07, 6.45) is 17.7. The molecule has 0 saturated carbocycles. The Hall–Kier alpha value is -2.04. The fourth-order valence-electron chi connectivity index (χ4n) is 4.43. The van der Waals surface area contributed by atoms with E-state index in [9.17, 15) is 8.78 Å². The largest absolute Gasteiger partial charge is 0.490 e. The van der Waals surface area contributed by atoms with Crippen molar-refractivity contribution in [2.45, 2.75) is 129 Å². The van der Waals surface area contributed by atoms with Crippen LogP contribution in [0, 0.1) is 0 Å². The number of benzene rings is 1. The number of ether oxygens (including phenoxy) is 1. The molecule has 202 valence electrons. The topological polar surface area (TPSA) is 35.0 Å². The summed E-state index contributed by atoms with van der Waals surface area (Å²) >= 11 is 0. The third kappa shape index (κ3) is 13.3. The molecule has 0 aliphatic rings. The van der Waals surface area contributed by atoms with Crippen LogP contribution in [0.5, 0.6) is 5.75 Å². The van der Waals surface area contributed by atoms with Gasteiger partial charge in [0, 0.05) is 18.4 Å². The monoisotopic (exact) mass is 502 g/mol. The Labute approximate surface area is 218 Å². The first kappa shape index (κ1) is 30.2. The molecule has 2 aromatic rings. The van der Waals surface area contributed by atoms with Crippen LogP contribution in [-0.4, -0.2) is 28.9 Å². The molecule has 5 heteroatoms. The molecular weight excluding hydrogens is 454 g/mol. The summed E-state index contributed by atoms with van der Waals surface area (Å²) in [6, 6.07) is 8.46. The van der Waals surface area contributed by atoms with Gasteiger partial charge in [-0.3, -0.25) is 0 Å². The third-order valence-electron chi connectivity index (χ3n) is 6.74. The first-order chi connectivity index (χ1) is 17.6. The van der Waals surface area contributed by atoms with Crippen molar-refractivity contribution in [2.75, 3.05) is 6.61 Å². The lowest BCUT2D eigenvalue weighted by Gasteiger charge is -2.12. The van der Waals surface area contributed by atoms with Gasteiger partial charge < -0.3 is 4.74 Å². The molecule has 1 aromatic carbocycles. The highest BCUT2D eigenvalue weighted by atomic mass is 19.1. The smallest absolute Gasteiger partial charge is 0.159 e. The van der Waals surface area contributed by atoms with E-state index in [0.717, 1.165) is 31.2 Å². The summed E-state index contributed by atoms with van der Waals surface area (Å²) in [5.74, 6) is 1.15. The molecule has 3 nitrogen and oxygen atoms in total. The fourth-order valence-corrected chi connectivity index (χ4v) is 4.43. The van der Waals surface area contributed by atoms with E-state index in [4.69, 9.17) is 4.74 Å². The second kappa shape index (κ2) is 19.1. The fraction of sp³-hybridized carbons (Fsp3) is 0.677. The first-order valence-corrected chi connectivity index (χ1v) is 14.4. The maximum atomic E-state index is 14.0. The van der Waals surface area contributed by atoms with Crippen molar-refractivity contribution in [1.82, 2.24) is 9.97 Å². The highest BCUT2D eigenvalue weighted by Crippen LogP contribution is 2.20. The molecule has 2 unspecified atom stereocenters. The number of hydrogen-bond acceptors (Lipinski definition) is 3. The Morgan fingerprint density at radius 2 is 1.25 bits per heavy atom. The van der Waals surface area contributed by atoms with Gasteiger partial charge in [-0.05, 0) is 24.8 Å². The summed E-state index contributed by atoms with van der Waals surface area (Å²) in [6.45, 7) is 4.53. The summed E-state index contributed by atoms with van der Waals surface area (Å²) < 4.78 is 33.4. The van der Waals surface area contributed by atoms with E-state index in [2.05, 4.69) is 48.1 Å². The first-order valence-electron chi connectivity index (χ1n) is 14.4. The van der Waals surface area contributed by atoms with Gasteiger partial charge in [0.25, 0.3) is 0 Å². The zero-order valence-corrected chi connectivity index (χ0v) is 22.7. The van der Waals surface area contributed by atoms with Crippen LogP contribution >= 0.6 is 0 Å². The van der Waals surface area contributed by atoms with Crippen molar-refractivity contribution in [2.24, 2.45) is 0 Å². The second-order valence-corrected chi connectivity index (χ2v) is 10.1. The quantitative estimate of drug-likeness (QED) is 0.159. The van der Waals surface area contributed by atoms with Gasteiger partial charge in [0.2, 0.25) is 0 Å². The maximum absolute atomic E-state index is 14.0. The molecule has 1 heterocycles. The molecule has 2 atom stereocenters. The number of rotatable bonds is 21. The van der Waals surface area contributed by atoms with Crippen LogP contribution in [-0.2, 0) is 6.42 Å². The van der Waals surface area contributed by atoms with Crippen molar-refractivity contribution >= 4 is 0 Å². The predicted octanol–water partition coefficient (Wildman–Crippen LogP) is 9.63. The van der Waals surface area contributed by atoms with E-state index in [1.165, 1.54) is 63.4 Å². The van der Waals surface area contributed by atoms with E-state index < -0.39 is 12.3 Å². The molecule has 0 radical (unpaired) electrons. The summed E-state index contributed by atoms with van der Waals surface area (Å²) in [4.78, 5) is 8.80. The van der Waals surface area contributed by atoms with Crippen LogP contribution in [0.25, 0.3) is 11.4 Å². The minimum atomic E-state index is -1.18. The minimum Gasteiger partial charge on any atom is -0.490 e. The lowest BCUT2D eigenvalue weighted by atomic mass is 10.0. The average molecular weight is 503 g/mol. The van der Waals surface area contributed by atoms with Crippen LogP contribution in [0.3, 0.4) is 0 Å². The normalized spacial score (nSPS) is 13.0. The molecule has 36 heavy (non-hydrogen) atoms. The van der Waals surface area contributed by atoms with E-state index in [1.807, 2.05) is 0 Å². The van der Waals surface area contributed by atoms with Crippen LogP contribution < -0.4 is 4.74 Å². The van der Waals surface area contributed by atoms with Gasteiger partial charge in [-0.2, -0.15) is 0 Å². The molecule has 0 aliphatic carbocycles. The Morgan fingerprint density at radius 1 is 0.694 bits per heavy atom. The molecule has 0 aliphatic heterocycles. The molecule has 0 bridgehead atoms. The number of aryl methyl sites for hydroxylation is 1. The van der Waals surface area contributed by atoms with Gasteiger partial charge in [-0.15, -0.1) is 0 Å². The SMILES string of the molecule is CCCCCCCCCCCc1ccc(-c2ncc(OCCC(F)CC(F)CCCCC)cn2)cc1. The third-order valence-corrected chi connectivity index (χ3v) is 6.74. The van der Waals surface area contributed by atoms with Crippen molar-refractivity contribution in [3.8, 4) is 17.1 Å². The average Bonchev–Trinajstić information content (AvgIpc) is 2.89. The zero-order chi connectivity index (χ0) is 25.8. The number of hydrogen-bond donors (Lipinski definition) is 0. The zero-order valence-electron chi connectivity index (χ0n) is 22.7. The Balaban J connectivity index is 1.62. The van der Waals surface area contributed by atoms with Gasteiger partial charge >= 0.3 is 0 Å². The van der Waals surface area contributed by atoms with Gasteiger partial charge in [0.15, 0.2) is 11.6 Å². The number of alkyl halides is 2. The summed E-state index contributed by atoms with van der Waals surface area (Å²) in [5.41, 5.74) is 2.32. The second-order valence-electron chi connectivity index (χ2n) is 10.1.